The van der Waals surface area contributed by atoms with Gasteiger partial charge in [0.2, 0.25) is 0 Å². The number of hydrogen-bond acceptors (Lipinski definition) is 3. The van der Waals surface area contributed by atoms with E-state index in [0.717, 1.165) is 5.69 Å². The molecule has 0 aliphatic heterocycles. The van der Waals surface area contributed by atoms with Gasteiger partial charge < -0.3 is 5.32 Å². The summed E-state index contributed by atoms with van der Waals surface area (Å²) in [5.74, 6) is -0.215. The number of benzene rings is 2. The number of halogens is 2. The van der Waals surface area contributed by atoms with Crippen LogP contribution in [0.4, 0.5) is 5.69 Å². The van der Waals surface area contributed by atoms with E-state index in [-0.39, 0.29) is 11.6 Å². The highest BCUT2D eigenvalue weighted by Crippen LogP contribution is 2.22. The van der Waals surface area contributed by atoms with Gasteiger partial charge in [-0.05, 0) is 37.3 Å². The van der Waals surface area contributed by atoms with Crippen LogP contribution in [0.15, 0.2) is 54.7 Å². The highest BCUT2D eigenvalue weighted by Gasteiger charge is 2.05. The van der Waals surface area contributed by atoms with E-state index in [1.54, 1.807) is 36.4 Å². The predicted molar refractivity (Wildman–Crippen MR) is 90.0 cm³/mol. The van der Waals surface area contributed by atoms with Crippen molar-refractivity contribution in [1.82, 2.24) is 0 Å². The van der Waals surface area contributed by atoms with Crippen molar-refractivity contribution in [1.29, 1.82) is 0 Å². The molecule has 0 heterocycles. The Hall–Kier alpha value is -2.10. The molecule has 1 N–H and O–H groups in total. The zero-order valence-electron chi connectivity index (χ0n) is 11.8. The van der Waals surface area contributed by atoms with Crippen molar-refractivity contribution in [3.8, 4) is 0 Å². The molecule has 0 unspecified atom stereocenters. The number of nitrogens with one attached hydrogen (secondary N) is 1. The Morgan fingerprint density at radius 3 is 2.45 bits per heavy atom. The summed E-state index contributed by atoms with van der Waals surface area (Å²) >= 11 is 11.7. The lowest BCUT2D eigenvalue weighted by Gasteiger charge is -2.03. The molecular weight excluding hydrogens is 321 g/mol. The molecule has 2 rings (SSSR count). The quantitative estimate of drug-likeness (QED) is 0.618. The van der Waals surface area contributed by atoms with Crippen LogP contribution >= 0.6 is 23.2 Å². The highest BCUT2D eigenvalue weighted by molar-refractivity contribution is 6.42. The molecule has 0 aliphatic rings. The van der Waals surface area contributed by atoms with Gasteiger partial charge >= 0.3 is 0 Å². The normalized spacial score (nSPS) is 10.7. The molecule has 0 radical (unpaired) electrons. The van der Waals surface area contributed by atoms with Crippen molar-refractivity contribution >= 4 is 40.5 Å². The molecule has 0 atom stereocenters. The van der Waals surface area contributed by atoms with E-state index in [1.165, 1.54) is 25.3 Å². The fourth-order valence-electron chi connectivity index (χ4n) is 1.79. The molecule has 0 aliphatic carbocycles. The standard InChI is InChI=1S/C17H13Cl2NO2/c1-11(21)12-3-2-4-14(9-12)20-8-7-17(22)13-5-6-15(18)16(19)10-13/h2-10,20H,1H3. The van der Waals surface area contributed by atoms with Crippen molar-refractivity contribution in [2.45, 2.75) is 6.92 Å². The highest BCUT2D eigenvalue weighted by atomic mass is 35.5. The number of carbonyl (C=O) groups is 2. The number of allylic oxidation sites excluding steroid dienone is 1. The minimum atomic E-state index is -0.200. The van der Waals surface area contributed by atoms with Crippen LogP contribution < -0.4 is 5.32 Å². The molecule has 112 valence electrons. The third kappa shape index (κ3) is 4.20. The Kier molecular flexibility index (Phi) is 5.36. The molecule has 0 aromatic heterocycles. The Bertz CT molecular complexity index is 754. The molecule has 0 bridgehead atoms. The minimum Gasteiger partial charge on any atom is -0.362 e. The van der Waals surface area contributed by atoms with Crippen LogP contribution in [-0.4, -0.2) is 11.6 Å². The Morgan fingerprint density at radius 2 is 1.77 bits per heavy atom. The first-order valence-electron chi connectivity index (χ1n) is 6.51. The van der Waals surface area contributed by atoms with Crippen LogP contribution in [-0.2, 0) is 0 Å². The lowest BCUT2D eigenvalue weighted by molar-refractivity contribution is 0.101. The smallest absolute Gasteiger partial charge is 0.187 e. The molecule has 2 aromatic carbocycles. The maximum atomic E-state index is 12.0. The summed E-state index contributed by atoms with van der Waals surface area (Å²) in [6.07, 6.45) is 2.91. The second kappa shape index (κ2) is 7.25. The second-order valence-corrected chi connectivity index (χ2v) is 5.42. The summed E-state index contributed by atoms with van der Waals surface area (Å²) in [4.78, 5) is 23.3. The second-order valence-electron chi connectivity index (χ2n) is 4.61. The lowest BCUT2D eigenvalue weighted by Crippen LogP contribution is -1.97. The minimum absolute atomic E-state index is 0.0143. The fraction of sp³-hybridized carbons (Fsp3) is 0.0588. The SMILES string of the molecule is CC(=O)c1cccc(NC=CC(=O)c2ccc(Cl)c(Cl)c2)c1. The molecule has 22 heavy (non-hydrogen) atoms. The van der Waals surface area contributed by atoms with Gasteiger partial charge in [0.25, 0.3) is 0 Å². The monoisotopic (exact) mass is 333 g/mol. The first-order chi connectivity index (χ1) is 10.5. The van der Waals surface area contributed by atoms with Crippen molar-refractivity contribution in [3.63, 3.8) is 0 Å². The Morgan fingerprint density at radius 1 is 1.00 bits per heavy atom. The lowest BCUT2D eigenvalue weighted by atomic mass is 10.1. The molecule has 0 spiro atoms. The van der Waals surface area contributed by atoms with E-state index in [1.807, 2.05) is 0 Å². The van der Waals surface area contributed by atoms with E-state index < -0.39 is 0 Å². The average molecular weight is 334 g/mol. The molecule has 2 aromatic rings. The van der Waals surface area contributed by atoms with E-state index in [4.69, 9.17) is 23.2 Å². The molecule has 0 amide bonds. The number of hydrogen-bond donors (Lipinski definition) is 1. The number of Topliss-reactive ketones (excluding diaryl/α,β-unsaturated/α-hetero) is 1. The van der Waals surface area contributed by atoms with Gasteiger partial charge in [-0.1, -0.05) is 35.3 Å². The molecule has 5 heteroatoms. The summed E-state index contributed by atoms with van der Waals surface area (Å²) in [5.41, 5.74) is 1.78. The molecule has 0 saturated heterocycles. The largest absolute Gasteiger partial charge is 0.362 e. The maximum absolute atomic E-state index is 12.0. The first-order valence-corrected chi connectivity index (χ1v) is 7.26. The number of ketones is 2. The van der Waals surface area contributed by atoms with Crippen LogP contribution in [0.3, 0.4) is 0 Å². The summed E-state index contributed by atoms with van der Waals surface area (Å²) in [6.45, 7) is 1.50. The third-order valence-corrected chi connectivity index (χ3v) is 3.70. The van der Waals surface area contributed by atoms with Crippen LogP contribution in [0.2, 0.25) is 10.0 Å². The summed E-state index contributed by atoms with van der Waals surface area (Å²) in [6, 6.07) is 11.7. The van der Waals surface area contributed by atoms with Crippen molar-refractivity contribution in [3.05, 3.63) is 75.9 Å². The number of rotatable bonds is 5. The van der Waals surface area contributed by atoms with E-state index >= 15 is 0 Å². The van der Waals surface area contributed by atoms with Crippen LogP contribution in [0.25, 0.3) is 0 Å². The van der Waals surface area contributed by atoms with Crippen LogP contribution in [0, 0.1) is 0 Å². The van der Waals surface area contributed by atoms with Gasteiger partial charge in [0, 0.05) is 29.1 Å². The van der Waals surface area contributed by atoms with Crippen LogP contribution in [0.1, 0.15) is 27.6 Å². The van der Waals surface area contributed by atoms with E-state index in [0.29, 0.717) is 21.2 Å². The predicted octanol–water partition coefficient (Wildman–Crippen LogP) is 5.00. The fourth-order valence-corrected chi connectivity index (χ4v) is 2.09. The first kappa shape index (κ1) is 16.3. The molecule has 0 saturated carbocycles. The summed E-state index contributed by atoms with van der Waals surface area (Å²) < 4.78 is 0. The summed E-state index contributed by atoms with van der Waals surface area (Å²) in [5, 5.41) is 3.69. The molecule has 3 nitrogen and oxygen atoms in total. The molecular formula is C17H13Cl2NO2. The number of carbonyl (C=O) groups excluding carboxylic acids is 2. The van der Waals surface area contributed by atoms with Gasteiger partial charge in [-0.2, -0.15) is 0 Å². The topological polar surface area (TPSA) is 46.2 Å². The van der Waals surface area contributed by atoms with Gasteiger partial charge in [-0.25, -0.2) is 0 Å². The molecule has 0 fully saturated rings. The van der Waals surface area contributed by atoms with Crippen molar-refractivity contribution in [2.75, 3.05) is 5.32 Å². The maximum Gasteiger partial charge on any atom is 0.187 e. The zero-order valence-corrected chi connectivity index (χ0v) is 13.3. The third-order valence-electron chi connectivity index (χ3n) is 2.96. The van der Waals surface area contributed by atoms with Gasteiger partial charge in [0.05, 0.1) is 10.0 Å². The zero-order chi connectivity index (χ0) is 16.1. The van der Waals surface area contributed by atoms with E-state index in [9.17, 15) is 9.59 Å². The van der Waals surface area contributed by atoms with Gasteiger partial charge in [-0.3, -0.25) is 9.59 Å². The van der Waals surface area contributed by atoms with E-state index in [2.05, 4.69) is 5.32 Å². The van der Waals surface area contributed by atoms with Crippen molar-refractivity contribution in [2.24, 2.45) is 0 Å². The van der Waals surface area contributed by atoms with Crippen molar-refractivity contribution < 1.29 is 9.59 Å². The Labute approximate surface area is 138 Å². The van der Waals surface area contributed by atoms with Gasteiger partial charge in [-0.15, -0.1) is 0 Å². The Balaban J connectivity index is 2.05. The van der Waals surface area contributed by atoms with Crippen LogP contribution in [0.5, 0.6) is 0 Å². The number of anilines is 1. The van der Waals surface area contributed by atoms with Gasteiger partial charge in [0.1, 0.15) is 0 Å². The summed E-state index contributed by atoms with van der Waals surface area (Å²) in [7, 11) is 0. The van der Waals surface area contributed by atoms with Gasteiger partial charge in [0.15, 0.2) is 11.6 Å². The average Bonchev–Trinajstić information content (AvgIpc) is 2.50.